The van der Waals surface area contributed by atoms with Crippen LogP contribution in [0.4, 0.5) is 4.39 Å². The Bertz CT molecular complexity index is 808. The molecule has 1 aliphatic heterocycles. The van der Waals surface area contributed by atoms with Crippen molar-refractivity contribution in [3.8, 4) is 22.5 Å². The van der Waals surface area contributed by atoms with Gasteiger partial charge in [-0.3, -0.25) is 4.79 Å². The number of fused-ring (bicyclic) bond motifs is 1. The molecule has 0 radical (unpaired) electrons. The number of hydrogen-bond acceptors (Lipinski definition) is 3. The highest BCUT2D eigenvalue weighted by molar-refractivity contribution is 9.10. The lowest BCUT2D eigenvalue weighted by Gasteiger charge is -2.04. The summed E-state index contributed by atoms with van der Waals surface area (Å²) in [6, 6.07) is 9.93. The summed E-state index contributed by atoms with van der Waals surface area (Å²) in [7, 11) is 0. The van der Waals surface area contributed by atoms with Gasteiger partial charge in [0.05, 0.1) is 19.3 Å². The molecule has 0 saturated heterocycles. The van der Waals surface area contributed by atoms with Crippen LogP contribution in [0.3, 0.4) is 0 Å². The van der Waals surface area contributed by atoms with Crippen molar-refractivity contribution >= 4 is 21.9 Å². The smallest absolute Gasteiger partial charge is 0.310 e. The average molecular weight is 377 g/mol. The molecule has 0 saturated carbocycles. The van der Waals surface area contributed by atoms with E-state index < -0.39 is 0 Å². The minimum Gasteiger partial charge on any atom is -0.466 e. The molecule has 1 aliphatic carbocycles. The number of halogens is 2. The molecule has 3 rings (SSSR count). The third kappa shape index (κ3) is 3.01. The Morgan fingerprint density at radius 1 is 1.26 bits per heavy atom. The Balaban J connectivity index is 2.13. The number of hydrogen-bond donors (Lipinski definition) is 0. The number of carbonyl (C=O) groups is 1. The minimum atomic E-state index is -0.315. The Morgan fingerprint density at radius 2 is 2.00 bits per heavy atom. The molecule has 0 atom stereocenters. The maximum atomic E-state index is 13.2. The molecular formula is C18H14BrFO3. The van der Waals surface area contributed by atoms with E-state index in [1.54, 1.807) is 31.4 Å². The van der Waals surface area contributed by atoms with Crippen LogP contribution in [0.2, 0.25) is 0 Å². The van der Waals surface area contributed by atoms with Crippen LogP contribution in [0, 0.1) is 5.82 Å². The third-order valence-corrected chi connectivity index (χ3v) is 4.43. The van der Waals surface area contributed by atoms with Crippen LogP contribution in [0.15, 0.2) is 51.6 Å². The van der Waals surface area contributed by atoms with Gasteiger partial charge in [0.15, 0.2) is 0 Å². The summed E-state index contributed by atoms with van der Waals surface area (Å²) in [6.45, 7) is 2.10. The molecule has 0 amide bonds. The number of carbonyl (C=O) groups excluding carboxylic acids is 1. The zero-order valence-corrected chi connectivity index (χ0v) is 14.0. The third-order valence-electron chi connectivity index (χ3n) is 3.56. The van der Waals surface area contributed by atoms with Gasteiger partial charge in [-0.25, -0.2) is 4.39 Å². The normalized spacial score (nSPS) is 10.9. The lowest BCUT2D eigenvalue weighted by atomic mass is 10.0. The van der Waals surface area contributed by atoms with E-state index in [1.165, 1.54) is 12.1 Å². The molecule has 1 aromatic rings. The van der Waals surface area contributed by atoms with Crippen LogP contribution >= 0.6 is 15.9 Å². The maximum Gasteiger partial charge on any atom is 0.310 e. The van der Waals surface area contributed by atoms with Gasteiger partial charge in [-0.05, 0) is 52.7 Å². The van der Waals surface area contributed by atoms with Gasteiger partial charge in [-0.15, -0.1) is 0 Å². The van der Waals surface area contributed by atoms with Crippen molar-refractivity contribution in [1.29, 1.82) is 0 Å². The first kappa shape index (κ1) is 15.7. The molecule has 2 aliphatic rings. The summed E-state index contributed by atoms with van der Waals surface area (Å²) in [5.41, 5.74) is 3.33. The maximum absolute atomic E-state index is 13.2. The summed E-state index contributed by atoms with van der Waals surface area (Å²) in [5.74, 6) is 0.0220. The van der Waals surface area contributed by atoms with Gasteiger partial charge in [0.25, 0.3) is 0 Å². The summed E-state index contributed by atoms with van der Waals surface area (Å²) >= 11 is 3.57. The zero-order chi connectivity index (χ0) is 16.4. The number of esters is 1. The van der Waals surface area contributed by atoms with Crippen LogP contribution in [0.25, 0.3) is 22.5 Å². The quantitative estimate of drug-likeness (QED) is 0.597. The van der Waals surface area contributed by atoms with E-state index in [0.717, 1.165) is 26.7 Å². The van der Waals surface area contributed by atoms with Crippen molar-refractivity contribution in [3.63, 3.8) is 0 Å². The molecule has 23 heavy (non-hydrogen) atoms. The highest BCUT2D eigenvalue weighted by Crippen LogP contribution is 2.46. The van der Waals surface area contributed by atoms with Crippen molar-refractivity contribution in [1.82, 2.24) is 0 Å². The number of rotatable bonds is 4. The molecule has 1 heterocycles. The topological polar surface area (TPSA) is 39.4 Å². The van der Waals surface area contributed by atoms with Crippen LogP contribution in [-0.2, 0) is 16.0 Å². The second-order valence-electron chi connectivity index (χ2n) is 5.01. The molecule has 1 aromatic carbocycles. The van der Waals surface area contributed by atoms with Crippen molar-refractivity contribution in [2.24, 2.45) is 0 Å². The zero-order valence-electron chi connectivity index (χ0n) is 12.4. The van der Waals surface area contributed by atoms with Crippen LogP contribution in [-0.4, -0.2) is 12.6 Å². The molecule has 5 heteroatoms. The first-order valence-corrected chi connectivity index (χ1v) is 8.00. The Kier molecular flexibility index (Phi) is 4.48. The fraction of sp³-hybridized carbons (Fsp3) is 0.167. The van der Waals surface area contributed by atoms with E-state index in [2.05, 4.69) is 15.9 Å². The highest BCUT2D eigenvalue weighted by Gasteiger charge is 2.26. The Labute approximate surface area is 141 Å². The standard InChI is InChI=1S/C18H14BrFO3/c1-2-22-15(21)10-14-17(19)16(11-5-7-12(20)8-6-11)13-4-3-9-23-18(13)14/h3-9H,2,10H2,1H3. The van der Waals surface area contributed by atoms with Gasteiger partial charge in [-0.1, -0.05) is 12.1 Å². The fourth-order valence-electron chi connectivity index (χ4n) is 2.59. The molecule has 0 spiro atoms. The molecular weight excluding hydrogens is 363 g/mol. The second kappa shape index (κ2) is 6.54. The van der Waals surface area contributed by atoms with Gasteiger partial charge >= 0.3 is 5.97 Å². The van der Waals surface area contributed by atoms with Crippen molar-refractivity contribution < 1.29 is 18.3 Å². The van der Waals surface area contributed by atoms with Crippen molar-refractivity contribution in [2.45, 2.75) is 13.3 Å². The first-order chi connectivity index (χ1) is 11.1. The Morgan fingerprint density at radius 3 is 2.70 bits per heavy atom. The largest absolute Gasteiger partial charge is 0.466 e. The molecule has 0 N–H and O–H groups in total. The number of benzene rings is 1. The van der Waals surface area contributed by atoms with Crippen molar-refractivity contribution in [3.05, 3.63) is 58.5 Å². The SMILES string of the molecule is CCOC(=O)Cc1c2occcc-2c(-c2ccc(F)cc2)c1Br. The predicted molar refractivity (Wildman–Crippen MR) is 88.8 cm³/mol. The predicted octanol–water partition coefficient (Wildman–Crippen LogP) is 5.06. The van der Waals surface area contributed by atoms with E-state index in [-0.39, 0.29) is 18.2 Å². The Hall–Kier alpha value is -2.14. The molecule has 0 aromatic heterocycles. The minimum absolute atomic E-state index is 0.111. The molecule has 0 bridgehead atoms. The highest BCUT2D eigenvalue weighted by atomic mass is 79.9. The second-order valence-corrected chi connectivity index (χ2v) is 5.81. The van der Waals surface area contributed by atoms with Crippen LogP contribution < -0.4 is 0 Å². The van der Waals surface area contributed by atoms with E-state index in [1.807, 2.05) is 6.07 Å². The summed E-state index contributed by atoms with van der Waals surface area (Å²) in [5, 5.41) is 0. The summed E-state index contributed by atoms with van der Waals surface area (Å²) in [6.07, 6.45) is 1.68. The molecule has 118 valence electrons. The average Bonchev–Trinajstić information content (AvgIpc) is 2.81. The molecule has 0 fully saturated rings. The lowest BCUT2D eigenvalue weighted by Crippen LogP contribution is -2.07. The monoisotopic (exact) mass is 376 g/mol. The number of ether oxygens (including phenoxy) is 1. The first-order valence-electron chi connectivity index (χ1n) is 7.21. The van der Waals surface area contributed by atoms with Gasteiger partial charge in [0.2, 0.25) is 0 Å². The van der Waals surface area contributed by atoms with E-state index >= 15 is 0 Å². The van der Waals surface area contributed by atoms with E-state index in [9.17, 15) is 9.18 Å². The molecule has 0 unspecified atom stereocenters. The fourth-order valence-corrected chi connectivity index (χ4v) is 3.36. The van der Waals surface area contributed by atoms with Gasteiger partial charge < -0.3 is 9.15 Å². The summed E-state index contributed by atoms with van der Waals surface area (Å²) < 4.78 is 24.6. The van der Waals surface area contributed by atoms with Crippen molar-refractivity contribution in [2.75, 3.05) is 6.61 Å². The van der Waals surface area contributed by atoms with E-state index in [4.69, 9.17) is 9.15 Å². The van der Waals surface area contributed by atoms with E-state index in [0.29, 0.717) is 12.4 Å². The van der Waals surface area contributed by atoms with Gasteiger partial charge in [-0.2, -0.15) is 0 Å². The lowest BCUT2D eigenvalue weighted by molar-refractivity contribution is -0.142. The van der Waals surface area contributed by atoms with Crippen LogP contribution in [0.5, 0.6) is 0 Å². The van der Waals surface area contributed by atoms with Gasteiger partial charge in [0.1, 0.15) is 11.6 Å². The summed E-state index contributed by atoms with van der Waals surface area (Å²) in [4.78, 5) is 11.9. The van der Waals surface area contributed by atoms with Gasteiger partial charge in [0, 0.05) is 21.2 Å². The molecule has 3 nitrogen and oxygen atoms in total. The van der Waals surface area contributed by atoms with Crippen LogP contribution in [0.1, 0.15) is 12.5 Å².